The summed E-state index contributed by atoms with van der Waals surface area (Å²) in [5.41, 5.74) is -2.49. The molecule has 0 bridgehead atoms. The Morgan fingerprint density at radius 2 is 1.59 bits per heavy atom. The van der Waals surface area contributed by atoms with Crippen LogP contribution in [0.1, 0.15) is 37.0 Å². The number of hydrogen-bond acceptors (Lipinski definition) is 3. The molecule has 1 N–H and O–H groups in total. The number of rotatable bonds is 7. The van der Waals surface area contributed by atoms with E-state index < -0.39 is 39.2 Å². The first kappa shape index (κ1) is 23.2. The third kappa shape index (κ3) is 7.02. The molecule has 0 fully saturated rings. The van der Waals surface area contributed by atoms with Gasteiger partial charge in [0.05, 0.1) is 27.7 Å². The molecule has 1 atom stereocenters. The molecule has 0 radical (unpaired) electrons. The molecule has 10 heteroatoms. The second-order valence-corrected chi connectivity index (χ2v) is 8.34. The van der Waals surface area contributed by atoms with E-state index in [1.807, 2.05) is 0 Å². The van der Waals surface area contributed by atoms with Crippen molar-refractivity contribution >= 4 is 16.6 Å². The van der Waals surface area contributed by atoms with Crippen LogP contribution in [0.15, 0.2) is 41.4 Å². The van der Waals surface area contributed by atoms with Crippen molar-refractivity contribution in [2.75, 3.05) is 11.9 Å². The summed E-state index contributed by atoms with van der Waals surface area (Å²) in [6.45, 7) is 4.76. The summed E-state index contributed by atoms with van der Waals surface area (Å²) in [6.07, 6.45) is -7.63. The number of aromatic nitrogens is 1. The summed E-state index contributed by atoms with van der Waals surface area (Å²) < 4.78 is 90.4. The lowest BCUT2D eigenvalue weighted by Gasteiger charge is -2.14. The maximum absolute atomic E-state index is 13.0. The van der Waals surface area contributed by atoms with E-state index in [0.29, 0.717) is 36.0 Å². The van der Waals surface area contributed by atoms with Crippen LogP contribution >= 0.6 is 0 Å². The lowest BCUT2D eigenvalue weighted by atomic mass is 10.1. The molecular weight excluding hydrogens is 418 g/mol. The summed E-state index contributed by atoms with van der Waals surface area (Å²) in [7, 11) is -2.10. The molecule has 0 saturated carbocycles. The molecule has 0 amide bonds. The van der Waals surface area contributed by atoms with Gasteiger partial charge in [0.25, 0.3) is 0 Å². The quantitative estimate of drug-likeness (QED) is 0.549. The molecule has 1 aromatic carbocycles. The first-order valence-corrected chi connectivity index (χ1v) is 10.0. The Bertz CT molecular complexity index is 832. The fourth-order valence-corrected chi connectivity index (χ4v) is 3.61. The maximum Gasteiger partial charge on any atom is 0.416 e. The van der Waals surface area contributed by atoms with Gasteiger partial charge in [-0.25, -0.2) is 4.98 Å². The summed E-state index contributed by atoms with van der Waals surface area (Å²) in [4.78, 5) is 3.57. The Morgan fingerprint density at radius 3 is 2.10 bits per heavy atom. The van der Waals surface area contributed by atoms with Crippen molar-refractivity contribution in [2.45, 2.75) is 43.3 Å². The first-order valence-electron chi connectivity index (χ1n) is 8.73. The van der Waals surface area contributed by atoms with Crippen LogP contribution in [0.2, 0.25) is 0 Å². The van der Waals surface area contributed by atoms with Crippen molar-refractivity contribution < 1.29 is 30.6 Å². The first-order chi connectivity index (χ1) is 13.4. The van der Waals surface area contributed by atoms with Crippen molar-refractivity contribution in [2.24, 2.45) is 5.92 Å². The molecule has 0 spiro atoms. The Balaban J connectivity index is 2.24. The zero-order valence-corrected chi connectivity index (χ0v) is 16.5. The van der Waals surface area contributed by atoms with E-state index in [9.17, 15) is 30.6 Å². The standard InChI is InChI=1S/C19H20F6N2OS/c1-12(2)3-5-26-17-7-13(4-6-27-17)11-29(28)16-9-14(18(20,21)22)8-15(10-16)19(23,24)25/h4,6-10,12H,3,5,11H2,1-2H3,(H,26,27). The van der Waals surface area contributed by atoms with E-state index in [2.05, 4.69) is 24.1 Å². The smallest absolute Gasteiger partial charge is 0.370 e. The van der Waals surface area contributed by atoms with Crippen molar-refractivity contribution in [3.05, 3.63) is 53.2 Å². The number of hydrogen-bond donors (Lipinski definition) is 1. The van der Waals surface area contributed by atoms with Crippen LogP contribution in [0.4, 0.5) is 32.2 Å². The van der Waals surface area contributed by atoms with E-state index in [1.54, 1.807) is 6.07 Å². The number of halogens is 6. The number of nitrogens with one attached hydrogen (secondary N) is 1. The summed E-state index contributed by atoms with van der Waals surface area (Å²) in [5, 5.41) is 3.08. The predicted molar refractivity (Wildman–Crippen MR) is 98.7 cm³/mol. The molecule has 1 heterocycles. The van der Waals surface area contributed by atoms with Gasteiger partial charge in [0.15, 0.2) is 0 Å². The van der Waals surface area contributed by atoms with Crippen LogP contribution in [0.5, 0.6) is 0 Å². The van der Waals surface area contributed by atoms with Gasteiger partial charge in [-0.2, -0.15) is 26.3 Å². The van der Waals surface area contributed by atoms with E-state index in [1.165, 1.54) is 12.3 Å². The molecule has 0 saturated heterocycles. The minimum atomic E-state index is -4.98. The Kier molecular flexibility index (Phi) is 7.31. The van der Waals surface area contributed by atoms with Gasteiger partial charge in [-0.1, -0.05) is 13.8 Å². The predicted octanol–water partition coefficient (Wildman–Crippen LogP) is 5.89. The molecule has 3 nitrogen and oxygen atoms in total. The van der Waals surface area contributed by atoms with E-state index >= 15 is 0 Å². The third-order valence-corrected chi connectivity index (χ3v) is 5.33. The monoisotopic (exact) mass is 438 g/mol. The van der Waals surface area contributed by atoms with E-state index in [-0.39, 0.29) is 11.8 Å². The van der Waals surface area contributed by atoms with Gasteiger partial charge in [-0.15, -0.1) is 0 Å². The average Bonchev–Trinajstić information content (AvgIpc) is 2.60. The van der Waals surface area contributed by atoms with E-state index in [0.717, 1.165) is 6.42 Å². The third-order valence-electron chi connectivity index (χ3n) is 3.97. The molecule has 0 aliphatic carbocycles. The second kappa shape index (κ2) is 9.15. The normalized spacial score (nSPS) is 13.6. The van der Waals surface area contributed by atoms with Crippen molar-refractivity contribution in [3.63, 3.8) is 0 Å². The second-order valence-electron chi connectivity index (χ2n) is 6.89. The summed E-state index contributed by atoms with van der Waals surface area (Å²) in [5.74, 6) is 0.738. The Labute approximate surface area is 167 Å². The highest BCUT2D eigenvalue weighted by atomic mass is 32.2. The number of nitrogens with zero attached hydrogens (tertiary/aromatic N) is 1. The largest absolute Gasteiger partial charge is 0.416 e. The van der Waals surface area contributed by atoms with Crippen molar-refractivity contribution in [3.8, 4) is 0 Å². The van der Waals surface area contributed by atoms with Gasteiger partial charge in [0.2, 0.25) is 0 Å². The van der Waals surface area contributed by atoms with Gasteiger partial charge in [0, 0.05) is 17.6 Å². The molecule has 2 aromatic rings. The highest BCUT2D eigenvalue weighted by molar-refractivity contribution is 7.84. The van der Waals surface area contributed by atoms with Crippen LogP contribution in [-0.2, 0) is 28.9 Å². The molecule has 160 valence electrons. The molecule has 0 aliphatic rings. The van der Waals surface area contributed by atoms with E-state index in [4.69, 9.17) is 0 Å². The van der Waals surface area contributed by atoms with Gasteiger partial charge >= 0.3 is 12.4 Å². The Hall–Kier alpha value is -2.10. The summed E-state index contributed by atoms with van der Waals surface area (Å²) >= 11 is 0. The minimum absolute atomic E-state index is 0.0177. The van der Waals surface area contributed by atoms with Crippen LogP contribution in [0, 0.1) is 5.92 Å². The highest BCUT2D eigenvalue weighted by Gasteiger charge is 2.37. The van der Waals surface area contributed by atoms with Crippen LogP contribution in [-0.4, -0.2) is 15.7 Å². The SMILES string of the molecule is CC(C)CCNc1cc(CS(=O)c2cc(C(F)(F)F)cc(C(F)(F)F)c2)ccn1. The Morgan fingerprint density at radius 1 is 1.00 bits per heavy atom. The summed E-state index contributed by atoms with van der Waals surface area (Å²) in [6, 6.07) is 4.10. The lowest BCUT2D eigenvalue weighted by Crippen LogP contribution is -2.12. The maximum atomic E-state index is 13.0. The van der Waals surface area contributed by atoms with Gasteiger partial charge in [0.1, 0.15) is 5.82 Å². The molecule has 29 heavy (non-hydrogen) atoms. The highest BCUT2D eigenvalue weighted by Crippen LogP contribution is 2.37. The fraction of sp³-hybridized carbons (Fsp3) is 0.421. The molecule has 0 aliphatic heterocycles. The van der Waals surface area contributed by atoms with Crippen LogP contribution in [0.3, 0.4) is 0 Å². The molecule has 2 rings (SSSR count). The lowest BCUT2D eigenvalue weighted by molar-refractivity contribution is -0.143. The zero-order chi connectivity index (χ0) is 21.8. The molecule has 1 aromatic heterocycles. The molecular formula is C19H20F6N2OS. The number of alkyl halides is 6. The van der Waals surface area contributed by atoms with Crippen molar-refractivity contribution in [1.29, 1.82) is 0 Å². The number of pyridine rings is 1. The zero-order valence-electron chi connectivity index (χ0n) is 15.7. The van der Waals surface area contributed by atoms with Gasteiger partial charge in [-0.3, -0.25) is 4.21 Å². The number of benzene rings is 1. The van der Waals surface area contributed by atoms with Crippen molar-refractivity contribution in [1.82, 2.24) is 4.98 Å². The minimum Gasteiger partial charge on any atom is -0.370 e. The van der Waals surface area contributed by atoms with Gasteiger partial charge < -0.3 is 5.32 Å². The van der Waals surface area contributed by atoms with Crippen LogP contribution in [0.25, 0.3) is 0 Å². The number of anilines is 1. The average molecular weight is 438 g/mol. The van der Waals surface area contributed by atoms with Gasteiger partial charge in [-0.05, 0) is 48.2 Å². The topological polar surface area (TPSA) is 42.0 Å². The fourth-order valence-electron chi connectivity index (χ4n) is 2.44. The van der Waals surface area contributed by atoms with Crippen LogP contribution < -0.4 is 5.32 Å². The molecule has 1 unspecified atom stereocenters.